The molecule has 0 aromatic carbocycles. The molecule has 1 rings (SSSR count). The van der Waals surface area contributed by atoms with Crippen molar-refractivity contribution in [3.8, 4) is 0 Å². The molecule has 1 atom stereocenters. The minimum absolute atomic E-state index is 0.0946. The van der Waals surface area contributed by atoms with Crippen LogP contribution in [0.3, 0.4) is 0 Å². The number of hydrogen-bond donors (Lipinski definition) is 2. The van der Waals surface area contributed by atoms with Gasteiger partial charge in [0.1, 0.15) is 6.33 Å². The van der Waals surface area contributed by atoms with Crippen molar-refractivity contribution in [1.29, 1.82) is 0 Å². The molecular weight excluding hydrogens is 266 g/mol. The molecule has 1 unspecified atom stereocenters. The first-order valence-electron chi connectivity index (χ1n) is 7.64. The quantitative estimate of drug-likeness (QED) is 0.756. The van der Waals surface area contributed by atoms with Crippen molar-refractivity contribution in [3.05, 3.63) is 12.2 Å². The molecule has 1 amide bonds. The van der Waals surface area contributed by atoms with E-state index in [2.05, 4.69) is 36.2 Å². The van der Waals surface area contributed by atoms with Gasteiger partial charge in [-0.2, -0.15) is 5.10 Å². The molecule has 0 spiro atoms. The Morgan fingerprint density at radius 3 is 2.67 bits per heavy atom. The molecule has 0 radical (unpaired) electrons. The number of amides is 1. The Morgan fingerprint density at radius 1 is 1.43 bits per heavy atom. The van der Waals surface area contributed by atoms with Crippen molar-refractivity contribution in [2.45, 2.75) is 46.5 Å². The highest BCUT2D eigenvalue weighted by atomic mass is 16.1. The fourth-order valence-electron chi connectivity index (χ4n) is 2.42. The van der Waals surface area contributed by atoms with Crippen LogP contribution in [0.2, 0.25) is 0 Å². The van der Waals surface area contributed by atoms with Crippen LogP contribution in [0.4, 0.5) is 0 Å². The van der Waals surface area contributed by atoms with Crippen LogP contribution in [0.5, 0.6) is 0 Å². The molecule has 1 aromatic rings. The lowest BCUT2D eigenvalue weighted by Gasteiger charge is -2.30. The number of nitrogens with two attached hydrogens (primary N) is 1. The largest absolute Gasteiger partial charge is 0.356 e. The van der Waals surface area contributed by atoms with Crippen LogP contribution in [0, 0.1) is 11.3 Å². The number of carbonyl (C=O) groups is 1. The summed E-state index contributed by atoms with van der Waals surface area (Å²) in [6.07, 6.45) is 4.73. The van der Waals surface area contributed by atoms with Gasteiger partial charge in [0.25, 0.3) is 0 Å². The van der Waals surface area contributed by atoms with E-state index in [0.29, 0.717) is 31.8 Å². The van der Waals surface area contributed by atoms with Crippen LogP contribution >= 0.6 is 0 Å². The van der Waals surface area contributed by atoms with Crippen molar-refractivity contribution in [3.63, 3.8) is 0 Å². The first-order valence-corrected chi connectivity index (χ1v) is 7.64. The Morgan fingerprint density at radius 2 is 2.14 bits per heavy atom. The first kappa shape index (κ1) is 17.6. The van der Waals surface area contributed by atoms with Crippen molar-refractivity contribution in [2.75, 3.05) is 13.1 Å². The zero-order valence-corrected chi connectivity index (χ0v) is 13.7. The number of carbonyl (C=O) groups excluding carboxylic acids is 1. The minimum atomic E-state index is 0.0946. The van der Waals surface area contributed by atoms with Gasteiger partial charge in [-0.25, -0.2) is 4.98 Å². The zero-order chi connectivity index (χ0) is 15.9. The van der Waals surface area contributed by atoms with Crippen molar-refractivity contribution >= 4 is 5.91 Å². The summed E-state index contributed by atoms with van der Waals surface area (Å²) in [5.74, 6) is 1.33. The monoisotopic (exact) mass is 295 g/mol. The van der Waals surface area contributed by atoms with E-state index in [-0.39, 0.29) is 11.3 Å². The lowest BCUT2D eigenvalue weighted by molar-refractivity contribution is -0.121. The van der Waals surface area contributed by atoms with Crippen LogP contribution in [0.1, 0.15) is 45.9 Å². The van der Waals surface area contributed by atoms with E-state index in [0.717, 1.165) is 18.7 Å². The number of nitrogens with zero attached hydrogens (tertiary/aromatic N) is 3. The Hall–Kier alpha value is -1.43. The van der Waals surface area contributed by atoms with Crippen LogP contribution in [0.15, 0.2) is 6.33 Å². The van der Waals surface area contributed by atoms with Crippen LogP contribution in [-0.2, 0) is 18.3 Å². The average molecular weight is 295 g/mol. The number of nitrogens with one attached hydrogen (secondary N) is 1. The van der Waals surface area contributed by atoms with Gasteiger partial charge in [0.2, 0.25) is 5.91 Å². The molecule has 0 saturated carbocycles. The van der Waals surface area contributed by atoms with Gasteiger partial charge in [-0.15, -0.1) is 0 Å². The molecule has 3 N–H and O–H groups in total. The Kier molecular flexibility index (Phi) is 6.81. The highest BCUT2D eigenvalue weighted by Crippen LogP contribution is 2.31. The highest BCUT2D eigenvalue weighted by Gasteiger charge is 2.24. The number of aryl methyl sites for hydroxylation is 1. The molecule has 0 bridgehead atoms. The van der Waals surface area contributed by atoms with E-state index in [1.54, 1.807) is 11.0 Å². The Labute approximate surface area is 127 Å². The standard InChI is InChI=1S/C15H29N5O/c1-15(2,3)12(7-9-16)5-6-14(21)17-10-8-13-18-11-20(4)19-13/h11-12H,5-10,16H2,1-4H3,(H,17,21). The third-order valence-corrected chi connectivity index (χ3v) is 3.78. The number of hydrogen-bond acceptors (Lipinski definition) is 4. The predicted molar refractivity (Wildman–Crippen MR) is 83.6 cm³/mol. The van der Waals surface area contributed by atoms with E-state index in [1.807, 2.05) is 7.05 Å². The van der Waals surface area contributed by atoms with Crippen LogP contribution in [0.25, 0.3) is 0 Å². The summed E-state index contributed by atoms with van der Waals surface area (Å²) < 4.78 is 1.66. The normalized spacial score (nSPS) is 13.2. The third kappa shape index (κ3) is 6.71. The highest BCUT2D eigenvalue weighted by molar-refractivity contribution is 5.75. The first-order chi connectivity index (χ1) is 9.82. The summed E-state index contributed by atoms with van der Waals surface area (Å²) in [6, 6.07) is 0. The summed E-state index contributed by atoms with van der Waals surface area (Å²) in [5.41, 5.74) is 5.85. The molecule has 1 heterocycles. The van der Waals surface area contributed by atoms with Gasteiger partial charge < -0.3 is 11.1 Å². The second-order valence-electron chi connectivity index (χ2n) is 6.61. The lowest BCUT2D eigenvalue weighted by Crippen LogP contribution is -2.29. The van der Waals surface area contributed by atoms with Gasteiger partial charge in [0.05, 0.1) is 0 Å². The maximum absolute atomic E-state index is 11.9. The van der Waals surface area contributed by atoms with E-state index >= 15 is 0 Å². The minimum Gasteiger partial charge on any atom is -0.356 e. The fourth-order valence-corrected chi connectivity index (χ4v) is 2.42. The fraction of sp³-hybridized carbons (Fsp3) is 0.800. The SMILES string of the molecule is Cn1cnc(CCNC(=O)CCC(CCN)C(C)(C)C)n1. The summed E-state index contributed by atoms with van der Waals surface area (Å²) in [6.45, 7) is 7.88. The molecule has 0 aliphatic heterocycles. The van der Waals surface area contributed by atoms with E-state index in [1.165, 1.54) is 0 Å². The number of rotatable bonds is 8. The second-order valence-corrected chi connectivity index (χ2v) is 6.61. The molecule has 1 aromatic heterocycles. The summed E-state index contributed by atoms with van der Waals surface area (Å²) >= 11 is 0. The topological polar surface area (TPSA) is 85.8 Å². The van der Waals surface area contributed by atoms with Gasteiger partial charge in [0.15, 0.2) is 5.82 Å². The van der Waals surface area contributed by atoms with E-state index in [4.69, 9.17) is 5.73 Å². The maximum Gasteiger partial charge on any atom is 0.220 e. The third-order valence-electron chi connectivity index (χ3n) is 3.78. The summed E-state index contributed by atoms with van der Waals surface area (Å²) in [5, 5.41) is 7.11. The van der Waals surface area contributed by atoms with Gasteiger partial charge in [-0.3, -0.25) is 9.48 Å². The molecule has 0 aliphatic rings. The average Bonchev–Trinajstić information content (AvgIpc) is 2.79. The Balaban J connectivity index is 2.26. The molecule has 6 nitrogen and oxygen atoms in total. The van der Waals surface area contributed by atoms with Crippen molar-refractivity contribution in [2.24, 2.45) is 24.1 Å². The van der Waals surface area contributed by atoms with E-state index in [9.17, 15) is 4.79 Å². The molecule has 120 valence electrons. The molecule has 21 heavy (non-hydrogen) atoms. The lowest BCUT2D eigenvalue weighted by atomic mass is 9.76. The Bertz CT molecular complexity index is 436. The second kappa shape index (κ2) is 8.12. The van der Waals surface area contributed by atoms with Gasteiger partial charge in [-0.05, 0) is 30.7 Å². The smallest absolute Gasteiger partial charge is 0.220 e. The van der Waals surface area contributed by atoms with Gasteiger partial charge in [0, 0.05) is 26.4 Å². The summed E-state index contributed by atoms with van der Waals surface area (Å²) in [7, 11) is 1.83. The van der Waals surface area contributed by atoms with Gasteiger partial charge >= 0.3 is 0 Å². The van der Waals surface area contributed by atoms with Crippen LogP contribution < -0.4 is 11.1 Å². The molecule has 6 heteroatoms. The predicted octanol–water partition coefficient (Wildman–Crippen LogP) is 1.27. The summed E-state index contributed by atoms with van der Waals surface area (Å²) in [4.78, 5) is 16.0. The van der Waals surface area contributed by atoms with Crippen molar-refractivity contribution in [1.82, 2.24) is 20.1 Å². The molecule has 0 aliphatic carbocycles. The molecular formula is C15H29N5O. The number of aromatic nitrogens is 3. The zero-order valence-electron chi connectivity index (χ0n) is 13.7. The molecule has 0 saturated heterocycles. The maximum atomic E-state index is 11.9. The van der Waals surface area contributed by atoms with Crippen molar-refractivity contribution < 1.29 is 4.79 Å². The van der Waals surface area contributed by atoms with Gasteiger partial charge in [-0.1, -0.05) is 20.8 Å². The van der Waals surface area contributed by atoms with Crippen LogP contribution in [-0.4, -0.2) is 33.8 Å². The van der Waals surface area contributed by atoms with E-state index < -0.39 is 0 Å². The molecule has 0 fully saturated rings.